The van der Waals surface area contributed by atoms with Gasteiger partial charge in [0.1, 0.15) is 79.9 Å². The predicted octanol–water partition coefficient (Wildman–Crippen LogP) is 11.2. The third kappa shape index (κ3) is 11.8. The summed E-state index contributed by atoms with van der Waals surface area (Å²) < 4.78 is 108. The van der Waals surface area contributed by atoms with E-state index >= 15 is 0 Å². The summed E-state index contributed by atoms with van der Waals surface area (Å²) in [5, 5.41) is 17.9. The molecule has 7 aliphatic rings. The van der Waals surface area contributed by atoms with Crippen LogP contribution < -0.4 is 14.2 Å². The number of carbonyl (C=O) groups excluding carboxylic acids is 5. The fraction of sp³-hybridized carbons (Fsp3) is 0.312. The predicted molar refractivity (Wildman–Crippen MR) is 324 cm³/mol. The van der Waals surface area contributed by atoms with Crippen molar-refractivity contribution in [2.24, 2.45) is 33.1 Å². The molecule has 2 unspecified atom stereocenters. The minimum Gasteiger partial charge on any atom is -0.493 e. The molecule has 13 rings (SSSR count). The first-order chi connectivity index (χ1) is 42.9. The molecule has 3 spiro atoms. The van der Waals surface area contributed by atoms with Crippen LogP contribution in [0.5, 0.6) is 17.2 Å². The molecule has 1 saturated heterocycles. The molecule has 25 heteroatoms. The third-order valence-electron chi connectivity index (χ3n) is 16.1. The first-order valence-corrected chi connectivity index (χ1v) is 30.8. The van der Waals surface area contributed by atoms with Gasteiger partial charge in [0.25, 0.3) is 0 Å². The summed E-state index contributed by atoms with van der Waals surface area (Å²) in [5.74, 6) is -3.73. The molecule has 3 amide bonds. The first kappa shape index (κ1) is 62.6. The minimum absolute atomic E-state index is 0.0260. The van der Waals surface area contributed by atoms with Crippen LogP contribution in [0.15, 0.2) is 143 Å². The number of hydrazone groups is 3. The van der Waals surface area contributed by atoms with Crippen molar-refractivity contribution in [3.63, 3.8) is 0 Å². The van der Waals surface area contributed by atoms with Gasteiger partial charge in [-0.3, -0.25) is 19.3 Å². The maximum atomic E-state index is 14.7. The van der Waals surface area contributed by atoms with Crippen molar-refractivity contribution < 1.29 is 69.3 Å². The summed E-state index contributed by atoms with van der Waals surface area (Å²) in [6.07, 6.45) is 2.53. The van der Waals surface area contributed by atoms with Crippen molar-refractivity contribution in [1.82, 2.24) is 19.9 Å². The number of amides is 3. The van der Waals surface area contributed by atoms with E-state index in [-0.39, 0.29) is 81.5 Å². The average Bonchev–Trinajstić information content (AvgIpc) is 1.93. The molecule has 0 bridgehead atoms. The van der Waals surface area contributed by atoms with Gasteiger partial charge in [-0.2, -0.15) is 15.3 Å². The Morgan fingerprint density at radius 3 is 1.16 bits per heavy atom. The molecule has 7 heterocycles. The number of fused-ring (bicyclic) bond motifs is 6. The van der Waals surface area contributed by atoms with Crippen LogP contribution >= 0.6 is 35.3 Å². The molecule has 7 aliphatic heterocycles. The van der Waals surface area contributed by atoms with Gasteiger partial charge in [-0.1, -0.05) is 89.9 Å². The van der Waals surface area contributed by atoms with E-state index in [0.29, 0.717) is 48.2 Å². The molecule has 89 heavy (non-hydrogen) atoms. The van der Waals surface area contributed by atoms with Crippen molar-refractivity contribution in [2.45, 2.75) is 54.6 Å². The van der Waals surface area contributed by atoms with Crippen LogP contribution in [0.4, 0.5) is 26.3 Å². The highest BCUT2D eigenvalue weighted by atomic mass is 32.2. The maximum Gasteiger partial charge on any atom is 0.241 e. The number of thioether (sulfide) groups is 3. The number of benzene rings is 6. The quantitative estimate of drug-likeness (QED) is 0.0938. The van der Waals surface area contributed by atoms with Crippen LogP contribution in [0.3, 0.4) is 0 Å². The third-order valence-corrected chi connectivity index (χ3v) is 20.7. The van der Waals surface area contributed by atoms with Crippen molar-refractivity contribution in [3.05, 3.63) is 196 Å². The molecule has 6 aromatic carbocycles. The largest absolute Gasteiger partial charge is 0.493 e. The first-order valence-electron chi connectivity index (χ1n) is 28.4. The minimum atomic E-state index is -1.07. The molecule has 16 nitrogen and oxygen atoms in total. The number of nitrogens with zero attached hydrogens (tertiary/aromatic N) is 7. The van der Waals surface area contributed by atoms with Crippen LogP contribution in [0, 0.1) is 52.7 Å². The van der Waals surface area contributed by atoms with Crippen molar-refractivity contribution in [1.29, 1.82) is 0 Å². The van der Waals surface area contributed by atoms with Gasteiger partial charge in [0.15, 0.2) is 14.6 Å². The second-order valence-corrected chi connectivity index (χ2v) is 25.2. The number of ether oxygens (including phenoxy) is 4. The van der Waals surface area contributed by atoms with E-state index in [1.54, 1.807) is 48.5 Å². The Hall–Kier alpha value is -7.97. The van der Waals surface area contributed by atoms with E-state index in [4.69, 9.17) is 18.9 Å². The summed E-state index contributed by atoms with van der Waals surface area (Å²) in [6, 6.07) is 31.4. The van der Waals surface area contributed by atoms with E-state index in [0.717, 1.165) is 122 Å². The lowest BCUT2D eigenvalue weighted by atomic mass is 9.86. The Kier molecular flexibility index (Phi) is 18.5. The zero-order valence-electron chi connectivity index (χ0n) is 48.1. The fourth-order valence-corrected chi connectivity index (χ4v) is 16.7. The van der Waals surface area contributed by atoms with Gasteiger partial charge >= 0.3 is 0 Å². The maximum absolute atomic E-state index is 14.7. The summed E-state index contributed by atoms with van der Waals surface area (Å²) >= 11 is 3.60. The SMILES string of the molecule is CC(=O)N1N=C(c2cc(F)ccc2F)SC12c1ccccc1OCC2CC=O.CC(=O)N1N=C(c2cc(F)ccc2F)S[C@@]12c1ccccc1OC[C@H]2CC=O.CC(=O)N1N=C(c2cc(F)ccc2F)S[C@@]12c1ccccc1OC[C@H]2CCN1CCOCC1. The molecule has 462 valence electrons. The smallest absolute Gasteiger partial charge is 0.241 e. The fourth-order valence-electron chi connectivity index (χ4n) is 12.0. The second kappa shape index (κ2) is 26.2. The molecular formula is C64H57F6N7O9S3. The summed E-state index contributed by atoms with van der Waals surface area (Å²) in [7, 11) is 0. The zero-order valence-corrected chi connectivity index (χ0v) is 50.5. The average molecular weight is 1280 g/mol. The van der Waals surface area contributed by atoms with Crippen molar-refractivity contribution >= 4 is 80.7 Å². The molecule has 0 N–H and O–H groups in total. The van der Waals surface area contributed by atoms with Crippen LogP contribution in [-0.4, -0.2) is 118 Å². The Balaban J connectivity index is 0.000000138. The van der Waals surface area contributed by atoms with Gasteiger partial charge in [0.2, 0.25) is 17.7 Å². The topological polar surface area (TPSA) is 172 Å². The lowest BCUT2D eigenvalue weighted by molar-refractivity contribution is -0.136. The van der Waals surface area contributed by atoms with Crippen LogP contribution in [0.25, 0.3) is 0 Å². The number of rotatable bonds is 10. The van der Waals surface area contributed by atoms with E-state index in [1.807, 2.05) is 24.3 Å². The number of carbonyl (C=O) groups is 5. The standard InChI is InChI=1S/C24H25F2N3O3S.2C20H16F2N2O3S/c1-16(30)29-24(33-23(27-29)19-14-18(25)6-7-21(19)26)17(8-9-28-10-12-31-13-11-28)15-32-22-5-3-2-4-20(22)24;2*1-12(26)24-20(28-19(23-24)15-10-14(21)6-7-17(15)22)13(8-9-25)11-27-18-5-3-2-4-16(18)20/h2-7,14,17H,8-13,15H2,1H3;2*2-7,9-10,13H,8,11H2,1H3/t17-,24+;13-,20+;/m11./s1. The van der Waals surface area contributed by atoms with Gasteiger partial charge in [0, 0.05) is 97.8 Å². The van der Waals surface area contributed by atoms with Crippen LogP contribution in [-0.2, 0) is 43.3 Å². The molecule has 1 fully saturated rings. The number of para-hydroxylation sites is 3. The van der Waals surface area contributed by atoms with Crippen molar-refractivity contribution in [3.8, 4) is 17.2 Å². The summed E-state index contributed by atoms with van der Waals surface area (Å²) in [4.78, 5) is 59.9. The molecule has 6 aromatic rings. The lowest BCUT2D eigenvalue weighted by Gasteiger charge is -2.45. The van der Waals surface area contributed by atoms with Gasteiger partial charge in [-0.15, -0.1) is 0 Å². The Morgan fingerprint density at radius 2 is 0.820 bits per heavy atom. The van der Waals surface area contributed by atoms with E-state index < -0.39 is 61.4 Å². The van der Waals surface area contributed by atoms with Crippen LogP contribution in [0.2, 0.25) is 0 Å². The highest BCUT2D eigenvalue weighted by molar-refractivity contribution is 8.16. The Labute approximate surface area is 520 Å². The number of aldehydes is 2. The highest BCUT2D eigenvalue weighted by Gasteiger charge is 2.59. The molecule has 6 atom stereocenters. The summed E-state index contributed by atoms with van der Waals surface area (Å²) in [5.41, 5.74) is 2.16. The zero-order chi connectivity index (χ0) is 62.8. The van der Waals surface area contributed by atoms with E-state index in [2.05, 4.69) is 20.2 Å². The van der Waals surface area contributed by atoms with Gasteiger partial charge in [-0.05, 0) is 85.8 Å². The molecule has 0 radical (unpaired) electrons. The lowest BCUT2D eigenvalue weighted by Crippen LogP contribution is -2.51. The second-order valence-electron chi connectivity index (χ2n) is 21.5. The normalized spacial score (nSPS) is 23.9. The van der Waals surface area contributed by atoms with E-state index in [9.17, 15) is 50.3 Å². The number of morpholine rings is 1. The van der Waals surface area contributed by atoms with Crippen LogP contribution in [0.1, 0.15) is 73.4 Å². The Morgan fingerprint density at radius 1 is 0.494 bits per heavy atom. The highest BCUT2D eigenvalue weighted by Crippen LogP contribution is 2.60. The Bertz CT molecular complexity index is 3700. The van der Waals surface area contributed by atoms with E-state index in [1.165, 1.54) is 47.6 Å². The molecular weight excluding hydrogens is 1220 g/mol. The van der Waals surface area contributed by atoms with Gasteiger partial charge < -0.3 is 28.5 Å². The van der Waals surface area contributed by atoms with Crippen molar-refractivity contribution in [2.75, 3.05) is 52.7 Å². The molecule has 0 aliphatic carbocycles. The number of halogens is 6. The van der Waals surface area contributed by atoms with Gasteiger partial charge in [0.05, 0.1) is 33.0 Å². The molecule has 0 aromatic heterocycles. The number of hydrogen-bond acceptors (Lipinski definition) is 16. The molecule has 0 saturated carbocycles. The van der Waals surface area contributed by atoms with Gasteiger partial charge in [-0.25, -0.2) is 41.4 Å². The summed E-state index contributed by atoms with van der Waals surface area (Å²) in [6.45, 7) is 8.89. The number of hydrogen-bond donors (Lipinski definition) is 0. The monoisotopic (exact) mass is 1280 g/mol.